The monoisotopic (exact) mass is 476 g/mol. The van der Waals surface area contributed by atoms with Gasteiger partial charge in [0.2, 0.25) is 0 Å². The molecule has 2 aromatic heterocycles. The number of halogens is 6. The van der Waals surface area contributed by atoms with Crippen LogP contribution in [0.15, 0.2) is 46.2 Å². The summed E-state index contributed by atoms with van der Waals surface area (Å²) in [6.45, 7) is 1.85. The van der Waals surface area contributed by atoms with Gasteiger partial charge >= 0.3 is 6.18 Å². The van der Waals surface area contributed by atoms with Gasteiger partial charge in [-0.1, -0.05) is 22.0 Å². The summed E-state index contributed by atoms with van der Waals surface area (Å²) in [4.78, 5) is 24.3. The second kappa shape index (κ2) is 13.0. The Morgan fingerprint density at radius 3 is 2.15 bits per heavy atom. The molecule has 0 aromatic carbocycles. The lowest BCUT2D eigenvalue weighted by molar-refractivity contribution is -0.138. The number of rotatable bonds is 3. The molecule has 0 aliphatic rings. The molecule has 26 heavy (non-hydrogen) atoms. The molecular formula is C16H18BrCl2F3N2O2. The van der Waals surface area contributed by atoms with Crippen LogP contribution in [-0.2, 0) is 12.7 Å². The quantitative estimate of drug-likeness (QED) is 0.665. The molecule has 0 aliphatic heterocycles. The van der Waals surface area contributed by atoms with E-state index in [1.807, 2.05) is 0 Å². The molecule has 0 bridgehead atoms. The number of nitrogens with zero attached hydrogens (tertiary/aromatic N) is 1. The van der Waals surface area contributed by atoms with Crippen molar-refractivity contribution in [1.29, 1.82) is 0 Å². The average molecular weight is 478 g/mol. The summed E-state index contributed by atoms with van der Waals surface area (Å²) < 4.78 is 37.6. The van der Waals surface area contributed by atoms with Gasteiger partial charge in [-0.15, -0.1) is 23.2 Å². The molecule has 0 atom stereocenters. The molecule has 4 nitrogen and oxygen atoms in total. The number of hydrogen-bond donors (Lipinski definition) is 1. The van der Waals surface area contributed by atoms with Crippen LogP contribution < -0.4 is 11.1 Å². The summed E-state index contributed by atoms with van der Waals surface area (Å²) in [5, 5.41) is 0.897. The third kappa shape index (κ3) is 9.45. The van der Waals surface area contributed by atoms with Crippen molar-refractivity contribution in [2.75, 3.05) is 17.1 Å². The van der Waals surface area contributed by atoms with Crippen molar-refractivity contribution in [3.05, 3.63) is 68.5 Å². The minimum atomic E-state index is -4.60. The molecule has 0 spiro atoms. The first-order chi connectivity index (χ1) is 12.2. The van der Waals surface area contributed by atoms with Gasteiger partial charge in [-0.25, -0.2) is 0 Å². The summed E-state index contributed by atoms with van der Waals surface area (Å²) in [5.74, 6) is 0.807. The Bertz CT molecular complexity index is 762. The SMILES string of the molecule is Cc1ccc[nH]c1=O.ClCCBr.O=c1c(C(F)(F)F)cccn1CCCl. The van der Waals surface area contributed by atoms with Gasteiger partial charge in [0, 0.05) is 41.6 Å². The van der Waals surface area contributed by atoms with E-state index in [1.54, 1.807) is 25.3 Å². The fraction of sp³-hybridized carbons (Fsp3) is 0.375. The standard InChI is InChI=1S/C8H7ClF3NO.C6H7NO.C2H4BrCl/c9-3-5-13-4-1-2-6(7(13)14)8(10,11)12;1-5-3-2-4-7-6(5)8;3-1-2-4/h1-2,4H,3,5H2;2-4H,1H3,(H,7,8);1-2H2. The van der Waals surface area contributed by atoms with Gasteiger partial charge in [0.15, 0.2) is 0 Å². The maximum atomic E-state index is 12.2. The second-order valence-electron chi connectivity index (χ2n) is 4.67. The fourth-order valence-corrected chi connectivity index (χ4v) is 1.71. The van der Waals surface area contributed by atoms with Crippen molar-refractivity contribution in [3.63, 3.8) is 0 Å². The smallest absolute Gasteiger partial charge is 0.329 e. The first kappa shape index (κ1) is 24.8. The Balaban J connectivity index is 0.000000437. The number of nitrogens with one attached hydrogen (secondary N) is 1. The molecule has 0 aliphatic carbocycles. The molecule has 2 heterocycles. The molecule has 10 heteroatoms. The van der Waals surface area contributed by atoms with E-state index < -0.39 is 17.3 Å². The van der Waals surface area contributed by atoms with E-state index in [2.05, 4.69) is 20.9 Å². The van der Waals surface area contributed by atoms with Crippen LogP contribution in [0.5, 0.6) is 0 Å². The van der Waals surface area contributed by atoms with Gasteiger partial charge in [-0.05, 0) is 25.1 Å². The second-order valence-corrected chi connectivity index (χ2v) is 6.22. The topological polar surface area (TPSA) is 54.9 Å². The largest absolute Gasteiger partial charge is 0.421 e. The molecule has 2 rings (SSSR count). The van der Waals surface area contributed by atoms with Crippen LogP contribution in [0.2, 0.25) is 0 Å². The Kier molecular flexibility index (Phi) is 12.4. The first-order valence-electron chi connectivity index (χ1n) is 7.27. The summed E-state index contributed by atoms with van der Waals surface area (Å²) in [6.07, 6.45) is -1.71. The lowest BCUT2D eigenvalue weighted by Crippen LogP contribution is -2.28. The zero-order chi connectivity index (χ0) is 20.2. The van der Waals surface area contributed by atoms with Crippen molar-refractivity contribution in [2.24, 2.45) is 0 Å². The van der Waals surface area contributed by atoms with Gasteiger partial charge < -0.3 is 9.55 Å². The van der Waals surface area contributed by atoms with Gasteiger partial charge in [-0.3, -0.25) is 9.59 Å². The fourth-order valence-electron chi connectivity index (χ4n) is 1.53. The number of alkyl halides is 6. The molecule has 0 radical (unpaired) electrons. The Hall–Kier alpha value is -1.25. The highest BCUT2D eigenvalue weighted by Crippen LogP contribution is 2.25. The van der Waals surface area contributed by atoms with E-state index in [4.69, 9.17) is 23.2 Å². The zero-order valence-corrected chi connectivity index (χ0v) is 16.9. The highest BCUT2D eigenvalue weighted by atomic mass is 79.9. The Labute approximate surface area is 167 Å². The summed E-state index contributed by atoms with van der Waals surface area (Å²) in [5.41, 5.74) is -1.47. The van der Waals surface area contributed by atoms with Crippen molar-refractivity contribution in [1.82, 2.24) is 9.55 Å². The zero-order valence-electron chi connectivity index (χ0n) is 13.8. The third-order valence-corrected chi connectivity index (χ3v) is 3.95. The van der Waals surface area contributed by atoms with E-state index >= 15 is 0 Å². The minimum absolute atomic E-state index is 0.00694. The predicted molar refractivity (Wildman–Crippen MR) is 103 cm³/mol. The van der Waals surface area contributed by atoms with Gasteiger partial charge in [0.05, 0.1) is 0 Å². The molecule has 0 unspecified atom stereocenters. The van der Waals surface area contributed by atoms with Crippen LogP contribution in [0, 0.1) is 6.92 Å². The summed E-state index contributed by atoms with van der Waals surface area (Å²) in [6, 6.07) is 5.51. The third-order valence-electron chi connectivity index (χ3n) is 2.74. The molecule has 0 saturated carbocycles. The highest BCUT2D eigenvalue weighted by molar-refractivity contribution is 9.09. The molecular weight excluding hydrogens is 460 g/mol. The van der Waals surface area contributed by atoms with Gasteiger partial charge in [0.25, 0.3) is 11.1 Å². The lowest BCUT2D eigenvalue weighted by atomic mass is 10.2. The van der Waals surface area contributed by atoms with E-state index in [9.17, 15) is 22.8 Å². The van der Waals surface area contributed by atoms with Crippen LogP contribution in [0.1, 0.15) is 11.1 Å². The van der Waals surface area contributed by atoms with E-state index in [-0.39, 0.29) is 18.0 Å². The number of aromatic amines is 1. The van der Waals surface area contributed by atoms with Gasteiger partial charge in [-0.2, -0.15) is 13.2 Å². The predicted octanol–water partition coefficient (Wildman–Crippen LogP) is 4.41. The van der Waals surface area contributed by atoms with Crippen LogP contribution in [0.3, 0.4) is 0 Å². The van der Waals surface area contributed by atoms with Crippen LogP contribution in [0.4, 0.5) is 13.2 Å². The number of aromatic nitrogens is 2. The van der Waals surface area contributed by atoms with E-state index in [1.165, 1.54) is 12.3 Å². The van der Waals surface area contributed by atoms with E-state index in [0.717, 1.165) is 21.5 Å². The normalized spacial score (nSPS) is 10.3. The number of H-pyrrole nitrogens is 1. The lowest BCUT2D eigenvalue weighted by Gasteiger charge is -2.08. The Morgan fingerprint density at radius 1 is 1.15 bits per heavy atom. The van der Waals surface area contributed by atoms with Crippen LogP contribution in [0.25, 0.3) is 0 Å². The molecule has 0 amide bonds. The number of aryl methyl sites for hydroxylation is 2. The summed E-state index contributed by atoms with van der Waals surface area (Å²) in [7, 11) is 0. The van der Waals surface area contributed by atoms with Crippen LogP contribution >= 0.6 is 39.1 Å². The molecule has 0 saturated heterocycles. The number of hydrogen-bond acceptors (Lipinski definition) is 2. The number of pyridine rings is 2. The average Bonchev–Trinajstić information content (AvgIpc) is 2.59. The minimum Gasteiger partial charge on any atom is -0.329 e. The summed E-state index contributed by atoms with van der Waals surface area (Å²) >= 11 is 13.6. The van der Waals surface area contributed by atoms with Crippen molar-refractivity contribution in [2.45, 2.75) is 19.6 Å². The highest BCUT2D eigenvalue weighted by Gasteiger charge is 2.34. The maximum absolute atomic E-state index is 12.2. The van der Waals surface area contributed by atoms with Crippen molar-refractivity contribution < 1.29 is 13.2 Å². The molecule has 2 aromatic rings. The first-order valence-corrected chi connectivity index (χ1v) is 9.46. The molecule has 146 valence electrons. The molecule has 1 N–H and O–H groups in total. The van der Waals surface area contributed by atoms with E-state index in [0.29, 0.717) is 5.88 Å². The van der Waals surface area contributed by atoms with Crippen LogP contribution in [-0.4, -0.2) is 26.6 Å². The van der Waals surface area contributed by atoms with Gasteiger partial charge in [0.1, 0.15) is 5.56 Å². The Morgan fingerprint density at radius 2 is 1.77 bits per heavy atom. The van der Waals surface area contributed by atoms with Crippen molar-refractivity contribution >= 4 is 39.1 Å². The maximum Gasteiger partial charge on any atom is 0.421 e. The molecule has 0 fully saturated rings. The van der Waals surface area contributed by atoms with Crippen molar-refractivity contribution in [3.8, 4) is 0 Å².